The molecule has 1 aromatic carbocycles. The molecule has 22 heavy (non-hydrogen) atoms. The fourth-order valence-corrected chi connectivity index (χ4v) is 2.23. The van der Waals surface area contributed by atoms with Crippen molar-refractivity contribution < 1.29 is 4.92 Å². The van der Waals surface area contributed by atoms with E-state index in [9.17, 15) is 10.1 Å². The maximum Gasteiger partial charge on any atom is 0.305 e. The molecule has 1 heterocycles. The molecule has 0 saturated heterocycles. The number of rotatable bonds is 5. The van der Waals surface area contributed by atoms with Crippen LogP contribution < -0.4 is 4.90 Å². The third-order valence-electron chi connectivity index (χ3n) is 3.32. The smallest absolute Gasteiger partial charge is 0.305 e. The van der Waals surface area contributed by atoms with Crippen LogP contribution in [-0.4, -0.2) is 16.5 Å². The second-order valence-electron chi connectivity index (χ2n) is 4.91. The molecule has 2 aromatic rings. The van der Waals surface area contributed by atoms with E-state index in [4.69, 9.17) is 5.26 Å². The number of nitro groups is 1. The van der Waals surface area contributed by atoms with Crippen LogP contribution >= 0.6 is 0 Å². The Morgan fingerprint density at radius 1 is 1.36 bits per heavy atom. The first-order valence-electron chi connectivity index (χ1n) is 6.91. The van der Waals surface area contributed by atoms with E-state index in [0.717, 1.165) is 5.56 Å². The Morgan fingerprint density at radius 3 is 2.73 bits per heavy atom. The highest BCUT2D eigenvalue weighted by molar-refractivity contribution is 5.51. The molecule has 0 bridgehead atoms. The standard InChI is InChI=1S/C16H16N4O2/c1-3-19(11-13-6-4-5-12(2)9-13)16-8-7-15(20(21)22)14(10-17)18-16/h4-9H,3,11H2,1-2H3. The molecule has 0 amide bonds. The number of aryl methyl sites for hydroxylation is 1. The summed E-state index contributed by atoms with van der Waals surface area (Å²) in [5.41, 5.74) is 1.87. The van der Waals surface area contributed by atoms with E-state index in [1.165, 1.54) is 11.6 Å². The average molecular weight is 296 g/mol. The van der Waals surface area contributed by atoms with Gasteiger partial charge in [-0.15, -0.1) is 0 Å². The number of hydrogen-bond donors (Lipinski definition) is 0. The number of benzene rings is 1. The van der Waals surface area contributed by atoms with E-state index in [1.54, 1.807) is 12.1 Å². The predicted molar refractivity (Wildman–Crippen MR) is 83.5 cm³/mol. The zero-order valence-corrected chi connectivity index (χ0v) is 12.5. The van der Waals surface area contributed by atoms with Gasteiger partial charge in [-0.05, 0) is 25.5 Å². The number of aromatic nitrogens is 1. The minimum Gasteiger partial charge on any atom is -0.353 e. The van der Waals surface area contributed by atoms with E-state index in [0.29, 0.717) is 18.9 Å². The molecule has 2 rings (SSSR count). The maximum atomic E-state index is 10.9. The molecule has 6 heteroatoms. The van der Waals surface area contributed by atoms with Crippen molar-refractivity contribution in [3.63, 3.8) is 0 Å². The molecule has 0 spiro atoms. The summed E-state index contributed by atoms with van der Waals surface area (Å²) in [6, 6.07) is 12.8. The van der Waals surface area contributed by atoms with E-state index >= 15 is 0 Å². The van der Waals surface area contributed by atoms with Gasteiger partial charge in [0.1, 0.15) is 11.9 Å². The van der Waals surface area contributed by atoms with Crippen LogP contribution in [0.4, 0.5) is 11.5 Å². The molecule has 0 atom stereocenters. The molecule has 0 aliphatic carbocycles. The second kappa shape index (κ2) is 6.68. The largest absolute Gasteiger partial charge is 0.353 e. The molecular weight excluding hydrogens is 280 g/mol. The van der Waals surface area contributed by atoms with Crippen molar-refractivity contribution in [3.05, 3.63) is 63.3 Å². The Labute approximate surface area is 128 Å². The normalized spacial score (nSPS) is 10.0. The molecule has 0 radical (unpaired) electrons. The molecule has 112 valence electrons. The Hall–Kier alpha value is -2.94. The Kier molecular flexibility index (Phi) is 4.69. The Balaban J connectivity index is 2.32. The minimum atomic E-state index is -0.591. The molecular formula is C16H16N4O2. The van der Waals surface area contributed by atoms with E-state index in [-0.39, 0.29) is 11.4 Å². The lowest BCUT2D eigenvalue weighted by Gasteiger charge is -2.22. The summed E-state index contributed by atoms with van der Waals surface area (Å²) in [7, 11) is 0. The number of hydrogen-bond acceptors (Lipinski definition) is 5. The summed E-state index contributed by atoms with van der Waals surface area (Å²) >= 11 is 0. The highest BCUT2D eigenvalue weighted by Crippen LogP contribution is 2.22. The highest BCUT2D eigenvalue weighted by Gasteiger charge is 2.17. The van der Waals surface area contributed by atoms with Gasteiger partial charge in [0, 0.05) is 19.2 Å². The van der Waals surface area contributed by atoms with Crippen molar-refractivity contribution in [1.82, 2.24) is 4.98 Å². The summed E-state index contributed by atoms with van der Waals surface area (Å²) in [5.74, 6) is 0.561. The number of nitrogens with zero attached hydrogens (tertiary/aromatic N) is 4. The van der Waals surface area contributed by atoms with Crippen molar-refractivity contribution >= 4 is 11.5 Å². The molecule has 1 aromatic heterocycles. The number of pyridine rings is 1. The summed E-state index contributed by atoms with van der Waals surface area (Å²) in [6.45, 7) is 5.32. The van der Waals surface area contributed by atoms with E-state index in [1.807, 2.05) is 36.9 Å². The first-order valence-corrected chi connectivity index (χ1v) is 6.91. The summed E-state index contributed by atoms with van der Waals surface area (Å²) in [4.78, 5) is 16.4. The fraction of sp³-hybridized carbons (Fsp3) is 0.250. The first kappa shape index (κ1) is 15.4. The van der Waals surface area contributed by atoms with Gasteiger partial charge in [0.05, 0.1) is 4.92 Å². The zero-order valence-electron chi connectivity index (χ0n) is 12.5. The summed E-state index contributed by atoms with van der Waals surface area (Å²) < 4.78 is 0. The van der Waals surface area contributed by atoms with Crippen LogP contribution in [0.1, 0.15) is 23.7 Å². The van der Waals surface area contributed by atoms with Crippen LogP contribution in [0.25, 0.3) is 0 Å². The van der Waals surface area contributed by atoms with Crippen LogP contribution in [0.2, 0.25) is 0 Å². The quantitative estimate of drug-likeness (QED) is 0.625. The minimum absolute atomic E-state index is 0.162. The molecule has 0 aliphatic rings. The lowest BCUT2D eigenvalue weighted by Crippen LogP contribution is -2.23. The number of nitriles is 1. The molecule has 0 saturated carbocycles. The van der Waals surface area contributed by atoms with Crippen LogP contribution in [0.15, 0.2) is 36.4 Å². The van der Waals surface area contributed by atoms with Gasteiger partial charge in [0.25, 0.3) is 0 Å². The van der Waals surface area contributed by atoms with Gasteiger partial charge in [-0.3, -0.25) is 10.1 Å². The molecule has 0 fully saturated rings. The average Bonchev–Trinajstić information content (AvgIpc) is 2.52. The Morgan fingerprint density at radius 2 is 2.14 bits per heavy atom. The third kappa shape index (κ3) is 3.38. The van der Waals surface area contributed by atoms with Gasteiger partial charge >= 0.3 is 5.69 Å². The van der Waals surface area contributed by atoms with Gasteiger partial charge in [0.15, 0.2) is 0 Å². The van der Waals surface area contributed by atoms with Crippen molar-refractivity contribution in [2.75, 3.05) is 11.4 Å². The second-order valence-corrected chi connectivity index (χ2v) is 4.91. The van der Waals surface area contributed by atoms with Gasteiger partial charge in [-0.1, -0.05) is 29.8 Å². The molecule has 0 N–H and O–H groups in total. The van der Waals surface area contributed by atoms with E-state index in [2.05, 4.69) is 11.1 Å². The fourth-order valence-electron chi connectivity index (χ4n) is 2.23. The number of anilines is 1. The van der Waals surface area contributed by atoms with Crippen molar-refractivity contribution in [2.45, 2.75) is 20.4 Å². The van der Waals surface area contributed by atoms with Crippen molar-refractivity contribution in [1.29, 1.82) is 5.26 Å². The van der Waals surface area contributed by atoms with Gasteiger partial charge in [0.2, 0.25) is 5.69 Å². The lowest BCUT2D eigenvalue weighted by atomic mass is 10.1. The van der Waals surface area contributed by atoms with Crippen molar-refractivity contribution in [2.24, 2.45) is 0 Å². The van der Waals surface area contributed by atoms with E-state index < -0.39 is 4.92 Å². The van der Waals surface area contributed by atoms with Gasteiger partial charge in [-0.2, -0.15) is 5.26 Å². The monoisotopic (exact) mass is 296 g/mol. The van der Waals surface area contributed by atoms with Gasteiger partial charge in [-0.25, -0.2) is 4.98 Å². The topological polar surface area (TPSA) is 83.1 Å². The lowest BCUT2D eigenvalue weighted by molar-refractivity contribution is -0.385. The third-order valence-corrected chi connectivity index (χ3v) is 3.32. The summed E-state index contributed by atoms with van der Waals surface area (Å²) in [5, 5.41) is 19.9. The molecule has 0 unspecified atom stereocenters. The predicted octanol–water partition coefficient (Wildman–Crippen LogP) is 3.20. The Bertz CT molecular complexity index is 737. The van der Waals surface area contributed by atoms with Crippen LogP contribution in [0, 0.1) is 28.4 Å². The van der Waals surface area contributed by atoms with Crippen molar-refractivity contribution in [3.8, 4) is 6.07 Å². The van der Waals surface area contributed by atoms with Crippen LogP contribution in [0.5, 0.6) is 0 Å². The highest BCUT2D eigenvalue weighted by atomic mass is 16.6. The van der Waals surface area contributed by atoms with Gasteiger partial charge < -0.3 is 4.90 Å². The van der Waals surface area contributed by atoms with Crippen LogP contribution in [0.3, 0.4) is 0 Å². The first-order chi connectivity index (χ1) is 10.5. The van der Waals surface area contributed by atoms with Crippen LogP contribution in [-0.2, 0) is 6.54 Å². The molecule has 0 aliphatic heterocycles. The maximum absolute atomic E-state index is 10.9. The SMILES string of the molecule is CCN(Cc1cccc(C)c1)c1ccc([N+](=O)[O-])c(C#N)n1. The zero-order chi connectivity index (χ0) is 16.1. The summed E-state index contributed by atoms with van der Waals surface area (Å²) in [6.07, 6.45) is 0. The molecule has 6 nitrogen and oxygen atoms in total.